The molecule has 1 aromatic heterocycles. The molecule has 3 rings (SSSR count). The largest absolute Gasteiger partial charge is 0.497 e. The summed E-state index contributed by atoms with van der Waals surface area (Å²) >= 11 is 0. The van der Waals surface area contributed by atoms with Crippen molar-refractivity contribution in [1.29, 1.82) is 0 Å². The highest BCUT2D eigenvalue weighted by Gasteiger charge is 2.12. The van der Waals surface area contributed by atoms with E-state index in [4.69, 9.17) is 10.5 Å². The van der Waals surface area contributed by atoms with Gasteiger partial charge in [0.2, 0.25) is 0 Å². The van der Waals surface area contributed by atoms with Gasteiger partial charge in [-0.3, -0.25) is 0 Å². The minimum absolute atomic E-state index is 0.164. The number of nitrogens with two attached hydrogens (primary N) is 1. The molecule has 0 aliphatic heterocycles. The first kappa shape index (κ1) is 13.6. The molecule has 0 aliphatic carbocycles. The molecule has 0 saturated carbocycles. The number of ether oxygens (including phenoxy) is 1. The molecule has 0 radical (unpaired) electrons. The molecule has 1 unspecified atom stereocenters. The third-order valence-corrected chi connectivity index (χ3v) is 3.96. The summed E-state index contributed by atoms with van der Waals surface area (Å²) in [5, 5.41) is 0. The highest BCUT2D eigenvalue weighted by Crippen LogP contribution is 2.25. The molecule has 0 fully saturated rings. The maximum Gasteiger partial charge on any atom is 0.118 e. The van der Waals surface area contributed by atoms with Crippen LogP contribution in [0, 0.1) is 6.92 Å². The molecule has 0 aliphatic rings. The summed E-state index contributed by atoms with van der Waals surface area (Å²) in [4.78, 5) is 4.56. The summed E-state index contributed by atoms with van der Waals surface area (Å²) in [5.41, 5.74) is 10.6. The van der Waals surface area contributed by atoms with Crippen LogP contribution in [0.15, 0.2) is 42.5 Å². The summed E-state index contributed by atoms with van der Waals surface area (Å²) in [6.45, 7) is 2.00. The van der Waals surface area contributed by atoms with Crippen molar-refractivity contribution in [3.05, 3.63) is 59.4 Å². The van der Waals surface area contributed by atoms with Gasteiger partial charge in [0.15, 0.2) is 0 Å². The minimum atomic E-state index is -0.164. The van der Waals surface area contributed by atoms with Gasteiger partial charge in [-0.25, -0.2) is 4.98 Å². The smallest absolute Gasteiger partial charge is 0.118 e. The third kappa shape index (κ3) is 2.38. The lowest BCUT2D eigenvalue weighted by molar-refractivity contribution is 0.414. The van der Waals surface area contributed by atoms with Gasteiger partial charge in [-0.2, -0.15) is 0 Å². The van der Waals surface area contributed by atoms with Gasteiger partial charge >= 0.3 is 0 Å². The zero-order valence-corrected chi connectivity index (χ0v) is 12.5. The number of aromatic nitrogens is 2. The van der Waals surface area contributed by atoms with Crippen LogP contribution in [-0.2, 0) is 7.05 Å². The predicted molar refractivity (Wildman–Crippen MR) is 84.5 cm³/mol. The SMILES string of the molecule is COc1ccc(C(N)c2ccc3c(c2)nc(C)n3C)cc1. The van der Waals surface area contributed by atoms with Crippen LogP contribution < -0.4 is 10.5 Å². The molecule has 0 spiro atoms. The Balaban J connectivity index is 1.98. The van der Waals surface area contributed by atoms with E-state index in [-0.39, 0.29) is 6.04 Å². The first-order valence-corrected chi connectivity index (χ1v) is 6.92. The fourth-order valence-electron chi connectivity index (χ4n) is 2.53. The first-order valence-electron chi connectivity index (χ1n) is 6.92. The fraction of sp³-hybridized carbons (Fsp3) is 0.235. The molecule has 4 nitrogen and oxygen atoms in total. The molecule has 3 aromatic rings. The van der Waals surface area contributed by atoms with Crippen molar-refractivity contribution in [2.75, 3.05) is 7.11 Å². The van der Waals surface area contributed by atoms with Crippen LogP contribution in [0.3, 0.4) is 0 Å². The maximum atomic E-state index is 6.37. The number of rotatable bonds is 3. The Hall–Kier alpha value is -2.33. The average Bonchev–Trinajstić information content (AvgIpc) is 2.81. The van der Waals surface area contributed by atoms with E-state index in [0.29, 0.717) is 0 Å². The lowest BCUT2D eigenvalue weighted by Gasteiger charge is -2.13. The molecule has 0 amide bonds. The minimum Gasteiger partial charge on any atom is -0.497 e. The van der Waals surface area contributed by atoms with Gasteiger partial charge in [0.05, 0.1) is 24.2 Å². The van der Waals surface area contributed by atoms with Crippen molar-refractivity contribution in [2.45, 2.75) is 13.0 Å². The Bertz CT molecular complexity index is 775. The van der Waals surface area contributed by atoms with Gasteiger partial charge in [0.25, 0.3) is 0 Å². The van der Waals surface area contributed by atoms with E-state index in [9.17, 15) is 0 Å². The Labute approximate surface area is 124 Å². The molecule has 2 N–H and O–H groups in total. The van der Waals surface area contributed by atoms with Crippen molar-refractivity contribution >= 4 is 11.0 Å². The molecule has 21 heavy (non-hydrogen) atoms. The lowest BCUT2D eigenvalue weighted by atomic mass is 9.99. The average molecular weight is 281 g/mol. The van der Waals surface area contributed by atoms with Gasteiger partial charge in [0, 0.05) is 7.05 Å². The van der Waals surface area contributed by atoms with Crippen molar-refractivity contribution in [3.63, 3.8) is 0 Å². The predicted octanol–water partition coefficient (Wildman–Crippen LogP) is 2.94. The van der Waals surface area contributed by atoms with E-state index < -0.39 is 0 Å². The molecule has 0 bridgehead atoms. The molecular weight excluding hydrogens is 262 g/mol. The van der Waals surface area contributed by atoms with Gasteiger partial charge in [-0.15, -0.1) is 0 Å². The van der Waals surface area contributed by atoms with E-state index in [1.54, 1.807) is 7.11 Å². The molecule has 1 heterocycles. The molecule has 0 saturated heterocycles. The van der Waals surface area contributed by atoms with Crippen LogP contribution in [-0.4, -0.2) is 16.7 Å². The second-order valence-corrected chi connectivity index (χ2v) is 5.22. The number of nitrogens with zero attached hydrogens (tertiary/aromatic N) is 2. The standard InChI is InChI=1S/C17H19N3O/c1-11-19-15-10-13(6-9-16(15)20(11)2)17(18)12-4-7-14(21-3)8-5-12/h4-10,17H,18H2,1-3H3. The molecule has 108 valence electrons. The fourth-order valence-corrected chi connectivity index (χ4v) is 2.53. The van der Waals surface area contributed by atoms with Crippen LogP contribution in [0.1, 0.15) is 23.0 Å². The number of hydrogen-bond acceptors (Lipinski definition) is 3. The Morgan fingerprint density at radius 3 is 2.43 bits per heavy atom. The molecular formula is C17H19N3O. The summed E-state index contributed by atoms with van der Waals surface area (Å²) < 4.78 is 7.26. The summed E-state index contributed by atoms with van der Waals surface area (Å²) in [6, 6.07) is 13.9. The van der Waals surface area contributed by atoms with Crippen LogP contribution in [0.2, 0.25) is 0 Å². The van der Waals surface area contributed by atoms with Gasteiger partial charge in [-0.1, -0.05) is 18.2 Å². The van der Waals surface area contributed by atoms with Crippen molar-refractivity contribution in [3.8, 4) is 5.75 Å². The zero-order valence-electron chi connectivity index (χ0n) is 12.5. The van der Waals surface area contributed by atoms with Crippen molar-refractivity contribution < 1.29 is 4.74 Å². The van der Waals surface area contributed by atoms with E-state index in [0.717, 1.165) is 33.7 Å². The second kappa shape index (κ2) is 5.22. The molecule has 1 atom stereocenters. The summed E-state index contributed by atoms with van der Waals surface area (Å²) in [7, 11) is 3.68. The Morgan fingerprint density at radius 1 is 1.10 bits per heavy atom. The van der Waals surface area contributed by atoms with Gasteiger partial charge in [-0.05, 0) is 42.3 Å². The van der Waals surface area contributed by atoms with Crippen LogP contribution in [0.25, 0.3) is 11.0 Å². The van der Waals surface area contributed by atoms with E-state index in [1.165, 1.54) is 0 Å². The van der Waals surface area contributed by atoms with Crippen molar-refractivity contribution in [1.82, 2.24) is 9.55 Å². The van der Waals surface area contributed by atoms with E-state index in [2.05, 4.69) is 27.8 Å². The van der Waals surface area contributed by atoms with Crippen LogP contribution in [0.5, 0.6) is 5.75 Å². The highest BCUT2D eigenvalue weighted by molar-refractivity contribution is 5.77. The summed E-state index contributed by atoms with van der Waals surface area (Å²) in [6.07, 6.45) is 0. The topological polar surface area (TPSA) is 53.1 Å². The van der Waals surface area contributed by atoms with Crippen LogP contribution >= 0.6 is 0 Å². The monoisotopic (exact) mass is 281 g/mol. The number of fused-ring (bicyclic) bond motifs is 1. The number of hydrogen-bond donors (Lipinski definition) is 1. The number of benzene rings is 2. The number of methoxy groups -OCH3 is 1. The number of aryl methyl sites for hydroxylation is 2. The summed E-state index contributed by atoms with van der Waals surface area (Å²) in [5.74, 6) is 1.84. The highest BCUT2D eigenvalue weighted by atomic mass is 16.5. The first-order chi connectivity index (χ1) is 10.1. The van der Waals surface area contributed by atoms with E-state index >= 15 is 0 Å². The Morgan fingerprint density at radius 2 is 1.76 bits per heavy atom. The van der Waals surface area contributed by atoms with Crippen molar-refractivity contribution in [2.24, 2.45) is 12.8 Å². The zero-order chi connectivity index (χ0) is 15.0. The molecule has 4 heteroatoms. The molecule has 2 aromatic carbocycles. The second-order valence-electron chi connectivity index (χ2n) is 5.22. The van der Waals surface area contributed by atoms with Crippen LogP contribution in [0.4, 0.5) is 0 Å². The van der Waals surface area contributed by atoms with Gasteiger partial charge in [0.1, 0.15) is 11.6 Å². The van der Waals surface area contributed by atoms with E-state index in [1.807, 2.05) is 38.2 Å². The third-order valence-electron chi connectivity index (χ3n) is 3.96. The lowest BCUT2D eigenvalue weighted by Crippen LogP contribution is -2.11. The quantitative estimate of drug-likeness (QED) is 0.803. The normalized spacial score (nSPS) is 12.6. The van der Waals surface area contributed by atoms with Gasteiger partial charge < -0.3 is 15.0 Å². The maximum absolute atomic E-state index is 6.37. The Kier molecular flexibility index (Phi) is 3.39. The number of imidazole rings is 1.